The van der Waals surface area contributed by atoms with Crippen LogP contribution in [0, 0.1) is 11.8 Å². The highest BCUT2D eigenvalue weighted by atomic mass is 79.9. The molecule has 1 heterocycles. The Morgan fingerprint density at radius 1 is 1.45 bits per heavy atom. The van der Waals surface area contributed by atoms with Crippen LogP contribution in [0.2, 0.25) is 0 Å². The molecule has 1 aliphatic carbocycles. The van der Waals surface area contributed by atoms with Gasteiger partial charge >= 0.3 is 0 Å². The molecule has 1 aromatic rings. The number of rotatable bonds is 5. The fraction of sp³-hybridized carbons (Fsp3) is 0.812. The summed E-state index contributed by atoms with van der Waals surface area (Å²) in [5.74, 6) is 2.23. The Hall–Kier alpha value is -0.350. The molecule has 20 heavy (non-hydrogen) atoms. The minimum absolute atomic E-state index is 0.564. The molecule has 3 unspecified atom stereocenters. The van der Waals surface area contributed by atoms with E-state index >= 15 is 0 Å². The van der Waals surface area contributed by atoms with E-state index in [4.69, 9.17) is 0 Å². The van der Waals surface area contributed by atoms with Crippen molar-refractivity contribution < 1.29 is 0 Å². The molecule has 2 rings (SSSR count). The Balaban J connectivity index is 2.17. The van der Waals surface area contributed by atoms with Gasteiger partial charge in [-0.1, -0.05) is 33.6 Å². The summed E-state index contributed by atoms with van der Waals surface area (Å²) in [6, 6.07) is 0.564. The van der Waals surface area contributed by atoms with Gasteiger partial charge in [-0.15, -0.1) is 0 Å². The highest BCUT2D eigenvalue weighted by Gasteiger charge is 2.33. The second-order valence-electron chi connectivity index (χ2n) is 6.52. The highest BCUT2D eigenvalue weighted by molar-refractivity contribution is 9.10. The SMILES string of the molecule is CCC1CCC(CNC(C)C)C(c2c(Br)cnn2C)C1. The van der Waals surface area contributed by atoms with E-state index in [1.807, 2.05) is 6.20 Å². The Labute approximate surface area is 131 Å². The van der Waals surface area contributed by atoms with Gasteiger partial charge < -0.3 is 5.32 Å². The first kappa shape index (κ1) is 16.0. The molecular formula is C16H28BrN3. The quantitative estimate of drug-likeness (QED) is 0.873. The molecule has 1 saturated carbocycles. The summed E-state index contributed by atoms with van der Waals surface area (Å²) in [5, 5.41) is 8.06. The van der Waals surface area contributed by atoms with E-state index in [-0.39, 0.29) is 0 Å². The summed E-state index contributed by atoms with van der Waals surface area (Å²) in [6.45, 7) is 7.91. The second kappa shape index (κ2) is 7.08. The predicted molar refractivity (Wildman–Crippen MR) is 87.9 cm³/mol. The fourth-order valence-corrected chi connectivity index (χ4v) is 4.14. The first-order chi connectivity index (χ1) is 9.52. The summed E-state index contributed by atoms with van der Waals surface area (Å²) in [4.78, 5) is 0. The molecule has 1 aliphatic rings. The van der Waals surface area contributed by atoms with Crippen molar-refractivity contribution in [3.8, 4) is 0 Å². The van der Waals surface area contributed by atoms with Gasteiger partial charge in [0.05, 0.1) is 16.4 Å². The summed E-state index contributed by atoms with van der Waals surface area (Å²) in [6.07, 6.45) is 7.26. The minimum atomic E-state index is 0.564. The third-order valence-electron chi connectivity index (χ3n) is 4.76. The van der Waals surface area contributed by atoms with Crippen molar-refractivity contribution in [2.45, 2.75) is 58.4 Å². The average molecular weight is 342 g/mol. The van der Waals surface area contributed by atoms with Crippen molar-refractivity contribution in [1.82, 2.24) is 15.1 Å². The van der Waals surface area contributed by atoms with Crippen molar-refractivity contribution in [3.05, 3.63) is 16.4 Å². The Kier molecular flexibility index (Phi) is 5.67. The minimum Gasteiger partial charge on any atom is -0.314 e. The number of aromatic nitrogens is 2. The van der Waals surface area contributed by atoms with Crippen LogP contribution < -0.4 is 5.32 Å². The molecule has 114 valence electrons. The summed E-state index contributed by atoms with van der Waals surface area (Å²) in [7, 11) is 2.07. The number of halogens is 1. The van der Waals surface area contributed by atoms with Crippen LogP contribution in [0.15, 0.2) is 10.7 Å². The monoisotopic (exact) mass is 341 g/mol. The lowest BCUT2D eigenvalue weighted by molar-refractivity contribution is 0.215. The van der Waals surface area contributed by atoms with E-state index in [1.54, 1.807) is 0 Å². The molecule has 0 spiro atoms. The van der Waals surface area contributed by atoms with E-state index in [0.717, 1.165) is 18.4 Å². The lowest BCUT2D eigenvalue weighted by Gasteiger charge is -2.37. The largest absolute Gasteiger partial charge is 0.314 e. The number of hydrogen-bond donors (Lipinski definition) is 1. The topological polar surface area (TPSA) is 29.9 Å². The normalized spacial score (nSPS) is 27.2. The van der Waals surface area contributed by atoms with Crippen molar-refractivity contribution in [2.75, 3.05) is 6.54 Å². The van der Waals surface area contributed by atoms with Crippen molar-refractivity contribution in [3.63, 3.8) is 0 Å². The zero-order valence-corrected chi connectivity index (χ0v) is 14.8. The maximum Gasteiger partial charge on any atom is 0.0635 e. The molecule has 0 saturated heterocycles. The Bertz CT molecular complexity index is 408. The molecule has 4 heteroatoms. The van der Waals surface area contributed by atoms with Crippen LogP contribution in [-0.2, 0) is 7.05 Å². The molecule has 3 nitrogen and oxygen atoms in total. The van der Waals surface area contributed by atoms with Gasteiger partial charge in [0.2, 0.25) is 0 Å². The van der Waals surface area contributed by atoms with Gasteiger partial charge in [-0.2, -0.15) is 5.10 Å². The third-order valence-corrected chi connectivity index (χ3v) is 5.37. The smallest absolute Gasteiger partial charge is 0.0635 e. The zero-order valence-electron chi connectivity index (χ0n) is 13.2. The van der Waals surface area contributed by atoms with Gasteiger partial charge in [-0.05, 0) is 47.2 Å². The van der Waals surface area contributed by atoms with Gasteiger partial charge in [0, 0.05) is 19.0 Å². The van der Waals surface area contributed by atoms with Gasteiger partial charge in [-0.3, -0.25) is 4.68 Å². The highest BCUT2D eigenvalue weighted by Crippen LogP contribution is 2.43. The maximum atomic E-state index is 4.42. The van der Waals surface area contributed by atoms with E-state index in [2.05, 4.69) is 58.8 Å². The van der Waals surface area contributed by atoms with E-state index in [1.165, 1.54) is 35.8 Å². The van der Waals surface area contributed by atoms with Gasteiger partial charge in [-0.25, -0.2) is 0 Å². The first-order valence-electron chi connectivity index (χ1n) is 7.93. The van der Waals surface area contributed by atoms with Crippen molar-refractivity contribution >= 4 is 15.9 Å². The predicted octanol–water partition coefficient (Wildman–Crippen LogP) is 4.09. The summed E-state index contributed by atoms with van der Waals surface area (Å²) in [5.41, 5.74) is 1.39. The molecule has 1 fully saturated rings. The molecular weight excluding hydrogens is 314 g/mol. The molecule has 1 N–H and O–H groups in total. The molecule has 0 amide bonds. The molecule has 3 atom stereocenters. The third kappa shape index (κ3) is 3.64. The van der Waals surface area contributed by atoms with Crippen molar-refractivity contribution in [1.29, 1.82) is 0 Å². The lowest BCUT2D eigenvalue weighted by atomic mass is 9.71. The van der Waals surface area contributed by atoms with E-state index in [9.17, 15) is 0 Å². The molecule has 0 aliphatic heterocycles. The maximum absolute atomic E-state index is 4.42. The van der Waals surface area contributed by atoms with Gasteiger partial charge in [0.25, 0.3) is 0 Å². The zero-order chi connectivity index (χ0) is 14.7. The number of nitrogens with one attached hydrogen (secondary N) is 1. The number of hydrogen-bond acceptors (Lipinski definition) is 2. The van der Waals surface area contributed by atoms with Crippen molar-refractivity contribution in [2.24, 2.45) is 18.9 Å². The van der Waals surface area contributed by atoms with Crippen LogP contribution in [0.4, 0.5) is 0 Å². The van der Waals surface area contributed by atoms with Crippen LogP contribution in [0.25, 0.3) is 0 Å². The molecule has 0 bridgehead atoms. The fourth-order valence-electron chi connectivity index (χ4n) is 3.49. The molecule has 0 radical (unpaired) electrons. The van der Waals surface area contributed by atoms with Crippen LogP contribution in [0.5, 0.6) is 0 Å². The van der Waals surface area contributed by atoms with Crippen LogP contribution in [0.3, 0.4) is 0 Å². The van der Waals surface area contributed by atoms with Gasteiger partial charge in [0.1, 0.15) is 0 Å². The number of aryl methyl sites for hydroxylation is 1. The lowest BCUT2D eigenvalue weighted by Crippen LogP contribution is -2.35. The average Bonchev–Trinajstić information content (AvgIpc) is 2.75. The second-order valence-corrected chi connectivity index (χ2v) is 7.37. The van der Waals surface area contributed by atoms with E-state index in [0.29, 0.717) is 12.0 Å². The molecule has 0 aromatic carbocycles. The summed E-state index contributed by atoms with van der Waals surface area (Å²) < 4.78 is 3.24. The number of nitrogens with zero attached hydrogens (tertiary/aromatic N) is 2. The standard InChI is InChI=1S/C16H28BrN3/c1-5-12-6-7-13(9-18-11(2)3)14(8-12)16-15(17)10-19-20(16)4/h10-14,18H,5-9H2,1-4H3. The Morgan fingerprint density at radius 2 is 2.20 bits per heavy atom. The summed E-state index contributed by atoms with van der Waals surface area (Å²) >= 11 is 3.70. The van der Waals surface area contributed by atoms with Crippen LogP contribution in [0.1, 0.15) is 58.1 Å². The van der Waals surface area contributed by atoms with E-state index < -0.39 is 0 Å². The Morgan fingerprint density at radius 3 is 2.75 bits per heavy atom. The first-order valence-corrected chi connectivity index (χ1v) is 8.73. The van der Waals surface area contributed by atoms with Crippen LogP contribution in [-0.4, -0.2) is 22.4 Å². The molecule has 1 aromatic heterocycles. The van der Waals surface area contributed by atoms with Gasteiger partial charge in [0.15, 0.2) is 0 Å². The van der Waals surface area contributed by atoms with Crippen LogP contribution >= 0.6 is 15.9 Å².